The number of benzene rings is 4. The number of piperidine rings is 2. The lowest BCUT2D eigenvalue weighted by molar-refractivity contribution is -0.138. The number of amides is 2. The molecule has 17 heteroatoms. The van der Waals surface area contributed by atoms with E-state index in [0.717, 1.165) is 178 Å². The van der Waals surface area contributed by atoms with E-state index in [1.165, 1.54) is 36.8 Å². The van der Waals surface area contributed by atoms with Crippen LogP contribution in [0.15, 0.2) is 72.8 Å². The predicted octanol–water partition coefficient (Wildman–Crippen LogP) is 15.0. The lowest BCUT2D eigenvalue weighted by Crippen LogP contribution is -2.51. The van der Waals surface area contributed by atoms with Crippen LogP contribution >= 0.6 is 82.0 Å². The van der Waals surface area contributed by atoms with Gasteiger partial charge in [-0.25, -0.2) is 0 Å². The van der Waals surface area contributed by atoms with Crippen LogP contribution in [0.2, 0.25) is 30.1 Å². The van der Waals surface area contributed by atoms with Gasteiger partial charge in [0, 0.05) is 69.4 Å². The van der Waals surface area contributed by atoms with E-state index >= 15 is 0 Å². The summed E-state index contributed by atoms with van der Waals surface area (Å²) in [6.07, 6.45) is 16.8. The van der Waals surface area contributed by atoms with Crippen molar-refractivity contribution in [2.45, 2.75) is 153 Å². The fourth-order valence-electron chi connectivity index (χ4n) is 13.1. The number of likely N-dealkylation sites (tertiary alicyclic amines) is 6. The third-order valence-corrected chi connectivity index (χ3v) is 19.5. The van der Waals surface area contributed by atoms with E-state index < -0.39 is 0 Å². The van der Waals surface area contributed by atoms with Crippen molar-refractivity contribution < 1.29 is 19.1 Å². The van der Waals surface area contributed by atoms with Gasteiger partial charge in [0.15, 0.2) is 0 Å². The molecule has 0 aromatic heterocycles. The molecule has 6 fully saturated rings. The van der Waals surface area contributed by atoms with E-state index in [2.05, 4.69) is 55.4 Å². The average Bonchev–Trinajstić information content (AvgIpc) is 4.37. The molecule has 444 valence electrons. The lowest BCUT2D eigenvalue weighted by Gasteiger charge is -2.37. The van der Waals surface area contributed by atoms with E-state index in [4.69, 9.17) is 79.1 Å². The molecule has 0 radical (unpaired) electrons. The highest BCUT2D eigenvalue weighted by atomic mass is 35.5. The molecule has 4 atom stereocenters. The van der Waals surface area contributed by atoms with E-state index in [0.29, 0.717) is 54.8 Å². The Morgan fingerprint density at radius 2 is 0.778 bits per heavy atom. The first-order valence-corrected chi connectivity index (χ1v) is 32.4. The number of rotatable bonds is 20. The van der Waals surface area contributed by atoms with Crippen molar-refractivity contribution in [3.63, 3.8) is 0 Å². The van der Waals surface area contributed by atoms with Crippen LogP contribution in [-0.4, -0.2) is 157 Å². The van der Waals surface area contributed by atoms with Crippen LogP contribution in [0.1, 0.15) is 138 Å². The Hall–Kier alpha value is -2.71. The van der Waals surface area contributed by atoms with Gasteiger partial charge in [0.2, 0.25) is 11.8 Å². The molecule has 81 heavy (non-hydrogen) atoms. The van der Waals surface area contributed by atoms with E-state index in [1.54, 1.807) is 12.1 Å². The smallest absolute Gasteiger partial charge is 0.240 e. The number of nitrogens with zero attached hydrogens (tertiary/aromatic N) is 6. The van der Waals surface area contributed by atoms with Gasteiger partial charge < -0.3 is 19.3 Å². The molecular formula is C64H85Cl7N6O4. The number of hydrogen-bond acceptors (Lipinski definition) is 8. The van der Waals surface area contributed by atoms with Crippen molar-refractivity contribution >= 4 is 93.8 Å². The quantitative estimate of drug-likeness (QED) is 0.0867. The molecule has 4 aromatic rings. The average molecular weight is 1250 g/mol. The van der Waals surface area contributed by atoms with Gasteiger partial charge >= 0.3 is 0 Å². The van der Waals surface area contributed by atoms with Crippen LogP contribution in [0.5, 0.6) is 11.5 Å². The second-order valence-corrected chi connectivity index (χ2v) is 25.8. The molecule has 0 spiro atoms. The van der Waals surface area contributed by atoms with Gasteiger partial charge in [-0.1, -0.05) is 108 Å². The maximum atomic E-state index is 13.9. The zero-order valence-corrected chi connectivity index (χ0v) is 52.9. The Labute approximate surface area is 519 Å². The SMILES string of the molecule is CC[C@@H](CN1CCCC1)Oc1cc(Cl)ccc1C1CCN(C(=O)[C@@H](Cc2ccc(Cl)cc2Cl)N2CCCC2)CC1.CC[C@@H](CN1CCCC1)Oc1cc(Cl)ccc1C1CCN(C(=O)[C@@H](Cc2ccc(Cl)cc2Cl)N2CCCC2)CC1.Cl. The number of carbonyl (C=O) groups is 2. The largest absolute Gasteiger partial charge is 0.489 e. The minimum Gasteiger partial charge on any atom is -0.489 e. The maximum absolute atomic E-state index is 13.9. The highest BCUT2D eigenvalue weighted by Gasteiger charge is 2.37. The molecule has 0 saturated carbocycles. The highest BCUT2D eigenvalue weighted by molar-refractivity contribution is 6.35. The summed E-state index contributed by atoms with van der Waals surface area (Å²) in [6.45, 7) is 17.8. The second-order valence-electron chi connectivity index (χ2n) is 23.3. The Kier molecular flexibility index (Phi) is 25.1. The predicted molar refractivity (Wildman–Crippen MR) is 338 cm³/mol. The lowest BCUT2D eigenvalue weighted by atomic mass is 9.88. The van der Waals surface area contributed by atoms with Crippen LogP contribution in [0, 0.1) is 0 Å². The Morgan fingerprint density at radius 3 is 1.11 bits per heavy atom. The molecule has 6 aliphatic heterocycles. The van der Waals surface area contributed by atoms with Gasteiger partial charge in [-0.3, -0.25) is 29.2 Å². The minimum absolute atomic E-state index is 0. The van der Waals surface area contributed by atoms with E-state index in [-0.39, 0.29) is 48.5 Å². The van der Waals surface area contributed by atoms with Crippen LogP contribution in [0.4, 0.5) is 0 Å². The summed E-state index contributed by atoms with van der Waals surface area (Å²) < 4.78 is 13.2. The van der Waals surface area contributed by atoms with Gasteiger partial charge in [0.1, 0.15) is 23.7 Å². The van der Waals surface area contributed by atoms with E-state index in [1.807, 2.05) is 48.5 Å². The molecular weight excluding hydrogens is 1160 g/mol. The molecule has 4 aromatic carbocycles. The molecule has 6 heterocycles. The molecule has 2 amide bonds. The van der Waals surface area contributed by atoms with Gasteiger partial charge in [-0.15, -0.1) is 12.4 Å². The van der Waals surface area contributed by atoms with Crippen molar-refractivity contribution in [1.82, 2.24) is 29.4 Å². The van der Waals surface area contributed by atoms with Crippen molar-refractivity contribution in [3.8, 4) is 11.5 Å². The first-order valence-electron chi connectivity index (χ1n) is 30.1. The van der Waals surface area contributed by atoms with Crippen LogP contribution in [-0.2, 0) is 22.4 Å². The topological polar surface area (TPSA) is 72.0 Å². The third-order valence-electron chi connectivity index (χ3n) is 17.9. The van der Waals surface area contributed by atoms with Crippen molar-refractivity contribution in [3.05, 3.63) is 125 Å². The maximum Gasteiger partial charge on any atom is 0.240 e. The number of hydrogen-bond donors (Lipinski definition) is 0. The zero-order valence-electron chi connectivity index (χ0n) is 47.6. The highest BCUT2D eigenvalue weighted by Crippen LogP contribution is 2.40. The zero-order chi connectivity index (χ0) is 56.1. The summed E-state index contributed by atoms with van der Waals surface area (Å²) in [5.41, 5.74) is 4.41. The fourth-order valence-corrected chi connectivity index (χ4v) is 14.4. The summed E-state index contributed by atoms with van der Waals surface area (Å²) in [6, 6.07) is 23.0. The number of carbonyl (C=O) groups excluding carboxylic acids is 2. The molecule has 0 aliphatic carbocycles. The summed E-state index contributed by atoms with van der Waals surface area (Å²) in [5.74, 6) is 2.95. The molecule has 6 saturated heterocycles. The van der Waals surface area contributed by atoms with Gasteiger partial charge in [-0.2, -0.15) is 0 Å². The molecule has 6 aliphatic rings. The molecule has 10 rings (SSSR count). The second kappa shape index (κ2) is 31.6. The monoisotopic (exact) mass is 1250 g/mol. The summed E-state index contributed by atoms with van der Waals surface area (Å²) in [4.78, 5) is 41.7. The summed E-state index contributed by atoms with van der Waals surface area (Å²) in [5, 5.41) is 3.91. The van der Waals surface area contributed by atoms with Gasteiger partial charge in [-0.05, 0) is 238 Å². The molecule has 0 unspecified atom stereocenters. The van der Waals surface area contributed by atoms with Crippen LogP contribution < -0.4 is 9.47 Å². The van der Waals surface area contributed by atoms with E-state index in [9.17, 15) is 9.59 Å². The van der Waals surface area contributed by atoms with Crippen LogP contribution in [0.3, 0.4) is 0 Å². The van der Waals surface area contributed by atoms with Gasteiger partial charge in [0.05, 0.1) is 12.1 Å². The fraction of sp³-hybridized carbons (Fsp3) is 0.594. The third kappa shape index (κ3) is 17.7. The Bertz CT molecular complexity index is 2470. The standard InChI is InChI=1S/2C32H42Cl3N3O2.ClH/c2*1-2-27(22-36-13-3-4-14-36)40-31-21-26(34)9-10-28(31)23-11-17-38(18-12-23)32(39)30(37-15-5-6-16-37)19-24-7-8-25(33)20-29(24)35;/h2*7-10,20-21,23,27,30H,2-6,11-19,22H2,1H3;1H/t2*27-,30+;/m00./s1. The van der Waals surface area contributed by atoms with Crippen molar-refractivity contribution in [2.24, 2.45) is 0 Å². The Morgan fingerprint density at radius 1 is 0.457 bits per heavy atom. The molecule has 0 N–H and O–H groups in total. The Balaban J connectivity index is 0.000000210. The first kappa shape index (κ1) is 64.3. The molecule has 10 nitrogen and oxygen atoms in total. The summed E-state index contributed by atoms with van der Waals surface area (Å²) >= 11 is 38.2. The summed E-state index contributed by atoms with van der Waals surface area (Å²) in [7, 11) is 0. The minimum atomic E-state index is -0.192. The van der Waals surface area contributed by atoms with Gasteiger partial charge in [0.25, 0.3) is 0 Å². The number of ether oxygens (including phenoxy) is 2. The van der Waals surface area contributed by atoms with Crippen LogP contribution in [0.25, 0.3) is 0 Å². The molecule has 0 bridgehead atoms. The normalized spacial score (nSPS) is 20.4. The van der Waals surface area contributed by atoms with Crippen molar-refractivity contribution in [2.75, 3.05) is 91.6 Å². The first-order chi connectivity index (χ1) is 38.8. The number of halogens is 7. The van der Waals surface area contributed by atoms with Crippen molar-refractivity contribution in [1.29, 1.82) is 0 Å².